The Hall–Kier alpha value is -2.68. The van der Waals surface area contributed by atoms with E-state index in [-0.39, 0.29) is 11.3 Å². The third-order valence-corrected chi connectivity index (χ3v) is 6.07. The summed E-state index contributed by atoms with van der Waals surface area (Å²) in [5.41, 5.74) is 2.35. The maximum Gasteiger partial charge on any atom is 0.295 e. The van der Waals surface area contributed by atoms with Crippen LogP contribution in [0.4, 0.5) is 0 Å². The maximum absolute atomic E-state index is 13.1. The summed E-state index contributed by atoms with van der Waals surface area (Å²) in [5.74, 6) is -1.55. The number of carbonyl (C=O) groups is 2. The number of carbonyl (C=O) groups excluding carboxylic acids is 2. The average molecular weight is 445 g/mol. The van der Waals surface area contributed by atoms with Crippen LogP contribution >= 0.6 is 11.6 Å². The summed E-state index contributed by atoms with van der Waals surface area (Å²) in [7, 11) is 0. The third kappa shape index (κ3) is 4.11. The molecule has 9 heteroatoms. The Morgan fingerprint density at radius 1 is 1.26 bits per heavy atom. The van der Waals surface area contributed by atoms with Gasteiger partial charge in [0.1, 0.15) is 5.76 Å². The lowest BCUT2D eigenvalue weighted by atomic mass is 9.94. The van der Waals surface area contributed by atoms with Crippen LogP contribution < -0.4 is 0 Å². The van der Waals surface area contributed by atoms with Crippen molar-refractivity contribution in [2.45, 2.75) is 19.9 Å². The number of aliphatic hydroxyl groups excluding tert-OH is 1. The number of halogens is 1. The molecule has 1 aromatic carbocycles. The molecule has 0 aliphatic carbocycles. The van der Waals surface area contributed by atoms with E-state index in [0.717, 1.165) is 13.1 Å². The van der Waals surface area contributed by atoms with Gasteiger partial charge in [0.2, 0.25) is 0 Å². The molecular formula is C22H25ClN4O4. The highest BCUT2D eigenvalue weighted by atomic mass is 35.5. The van der Waals surface area contributed by atoms with Gasteiger partial charge in [-0.2, -0.15) is 5.10 Å². The molecule has 4 rings (SSSR count). The first-order chi connectivity index (χ1) is 14.9. The second-order valence-corrected chi connectivity index (χ2v) is 8.25. The van der Waals surface area contributed by atoms with Crippen molar-refractivity contribution in [3.8, 4) is 0 Å². The Morgan fingerprint density at radius 2 is 2.00 bits per heavy atom. The number of aliphatic hydroxyl groups is 1. The van der Waals surface area contributed by atoms with Crippen molar-refractivity contribution in [2.24, 2.45) is 0 Å². The van der Waals surface area contributed by atoms with Gasteiger partial charge in [-0.1, -0.05) is 23.7 Å². The van der Waals surface area contributed by atoms with E-state index in [9.17, 15) is 14.7 Å². The number of nitrogens with one attached hydrogen (secondary N) is 1. The number of aromatic amines is 1. The molecule has 2 N–H and O–H groups in total. The van der Waals surface area contributed by atoms with Crippen LogP contribution in [0.1, 0.15) is 28.6 Å². The number of hydrogen-bond acceptors (Lipinski definition) is 6. The average Bonchev–Trinajstić information content (AvgIpc) is 3.23. The van der Waals surface area contributed by atoms with Crippen molar-refractivity contribution in [3.05, 3.63) is 57.4 Å². The molecule has 0 unspecified atom stereocenters. The van der Waals surface area contributed by atoms with Gasteiger partial charge in [-0.05, 0) is 31.5 Å². The molecule has 1 atom stereocenters. The number of morpholine rings is 1. The number of amides is 1. The molecule has 2 aromatic rings. The molecule has 2 fully saturated rings. The van der Waals surface area contributed by atoms with Crippen molar-refractivity contribution in [1.82, 2.24) is 20.0 Å². The van der Waals surface area contributed by atoms with E-state index in [4.69, 9.17) is 16.3 Å². The van der Waals surface area contributed by atoms with Gasteiger partial charge in [-0.25, -0.2) is 0 Å². The topological polar surface area (TPSA) is 98.8 Å². The van der Waals surface area contributed by atoms with Crippen molar-refractivity contribution >= 4 is 29.1 Å². The van der Waals surface area contributed by atoms with Gasteiger partial charge in [-0.3, -0.25) is 19.6 Å². The highest BCUT2D eigenvalue weighted by Crippen LogP contribution is 2.40. The molecule has 0 radical (unpaired) electrons. The van der Waals surface area contributed by atoms with Crippen molar-refractivity contribution in [2.75, 3.05) is 39.4 Å². The zero-order valence-corrected chi connectivity index (χ0v) is 18.3. The molecule has 2 aliphatic rings. The molecule has 8 nitrogen and oxygen atoms in total. The van der Waals surface area contributed by atoms with E-state index < -0.39 is 17.7 Å². The minimum absolute atomic E-state index is 0.0573. The molecule has 0 saturated carbocycles. The van der Waals surface area contributed by atoms with Crippen LogP contribution in [0.15, 0.2) is 29.8 Å². The van der Waals surface area contributed by atoms with E-state index in [1.165, 1.54) is 4.90 Å². The van der Waals surface area contributed by atoms with Crippen LogP contribution in [-0.4, -0.2) is 76.2 Å². The van der Waals surface area contributed by atoms with Crippen LogP contribution in [0.5, 0.6) is 0 Å². The fourth-order valence-electron chi connectivity index (χ4n) is 4.24. The van der Waals surface area contributed by atoms with Gasteiger partial charge in [0.15, 0.2) is 0 Å². The molecule has 2 aliphatic heterocycles. The predicted molar refractivity (Wildman–Crippen MR) is 116 cm³/mol. The fraction of sp³-hybridized carbons (Fsp3) is 0.409. The summed E-state index contributed by atoms with van der Waals surface area (Å²) < 4.78 is 5.39. The molecular weight excluding hydrogens is 420 g/mol. The summed E-state index contributed by atoms with van der Waals surface area (Å²) in [5, 5.41) is 18.6. The van der Waals surface area contributed by atoms with Crippen LogP contribution in [0.3, 0.4) is 0 Å². The Labute approximate surface area is 185 Å². The number of H-pyrrole nitrogens is 1. The summed E-state index contributed by atoms with van der Waals surface area (Å²) in [4.78, 5) is 29.8. The Kier molecular flexibility index (Phi) is 6.13. The van der Waals surface area contributed by atoms with Crippen molar-refractivity contribution in [1.29, 1.82) is 0 Å². The van der Waals surface area contributed by atoms with E-state index in [0.29, 0.717) is 53.8 Å². The van der Waals surface area contributed by atoms with Crippen LogP contribution in [-0.2, 0) is 14.3 Å². The SMILES string of the molecule is Cc1n[nH]c(C)c1C(O)=C1C(=O)C(=O)N(CCN2CCOCC2)[C@@H]1c1cccc(Cl)c1. The number of hydrogen-bond donors (Lipinski definition) is 2. The molecule has 1 amide bonds. The molecule has 1 aromatic heterocycles. The van der Waals surface area contributed by atoms with Crippen LogP contribution in [0, 0.1) is 13.8 Å². The molecule has 0 bridgehead atoms. The Balaban J connectivity index is 1.77. The maximum atomic E-state index is 13.1. The van der Waals surface area contributed by atoms with Gasteiger partial charge in [-0.15, -0.1) is 0 Å². The van der Waals surface area contributed by atoms with Gasteiger partial charge < -0.3 is 14.7 Å². The minimum atomic E-state index is -0.728. The van der Waals surface area contributed by atoms with Crippen LogP contribution in [0.25, 0.3) is 5.76 Å². The van der Waals surface area contributed by atoms with Gasteiger partial charge in [0.05, 0.1) is 36.1 Å². The van der Waals surface area contributed by atoms with E-state index in [1.807, 2.05) is 6.07 Å². The normalized spacial score (nSPS) is 21.8. The summed E-state index contributed by atoms with van der Waals surface area (Å²) in [6.45, 7) is 7.31. The van der Waals surface area contributed by atoms with E-state index >= 15 is 0 Å². The number of rotatable bonds is 5. The second-order valence-electron chi connectivity index (χ2n) is 7.81. The van der Waals surface area contributed by atoms with E-state index in [2.05, 4.69) is 15.1 Å². The van der Waals surface area contributed by atoms with Gasteiger partial charge in [0.25, 0.3) is 11.7 Å². The lowest BCUT2D eigenvalue weighted by molar-refractivity contribution is -0.140. The summed E-state index contributed by atoms with van der Waals surface area (Å²) in [6, 6.07) is 6.31. The monoisotopic (exact) mass is 444 g/mol. The second kappa shape index (κ2) is 8.82. The smallest absolute Gasteiger partial charge is 0.295 e. The van der Waals surface area contributed by atoms with Crippen molar-refractivity contribution in [3.63, 3.8) is 0 Å². The molecule has 0 spiro atoms. The summed E-state index contributed by atoms with van der Waals surface area (Å²) >= 11 is 6.22. The zero-order valence-electron chi connectivity index (χ0n) is 17.5. The largest absolute Gasteiger partial charge is 0.507 e. The Bertz CT molecular complexity index is 1020. The van der Waals surface area contributed by atoms with Gasteiger partial charge in [0, 0.05) is 36.9 Å². The first kappa shape index (κ1) is 21.5. The minimum Gasteiger partial charge on any atom is -0.507 e. The lowest BCUT2D eigenvalue weighted by Crippen LogP contribution is -2.42. The number of nitrogens with zero attached hydrogens (tertiary/aromatic N) is 3. The molecule has 3 heterocycles. The highest BCUT2D eigenvalue weighted by molar-refractivity contribution is 6.46. The number of Topliss-reactive ketones (excluding diaryl/α,β-unsaturated/α-hetero) is 1. The predicted octanol–water partition coefficient (Wildman–Crippen LogP) is 2.43. The zero-order chi connectivity index (χ0) is 22.1. The number of ether oxygens (including phenoxy) is 1. The molecule has 164 valence electrons. The quantitative estimate of drug-likeness (QED) is 0.417. The van der Waals surface area contributed by atoms with Crippen molar-refractivity contribution < 1.29 is 19.4 Å². The fourth-order valence-corrected chi connectivity index (χ4v) is 4.44. The number of aryl methyl sites for hydroxylation is 2. The Morgan fingerprint density at radius 3 is 2.65 bits per heavy atom. The number of benzene rings is 1. The summed E-state index contributed by atoms with van der Waals surface area (Å²) in [6.07, 6.45) is 0. The highest BCUT2D eigenvalue weighted by Gasteiger charge is 2.46. The molecule has 31 heavy (non-hydrogen) atoms. The lowest BCUT2D eigenvalue weighted by Gasteiger charge is -2.31. The number of aromatic nitrogens is 2. The third-order valence-electron chi connectivity index (χ3n) is 5.83. The standard InChI is InChI=1S/C22H25ClN4O4/c1-13-17(14(2)25-24-13)20(28)18-19(15-4-3-5-16(23)12-15)27(22(30)21(18)29)7-6-26-8-10-31-11-9-26/h3-5,12,19,28H,6-11H2,1-2H3,(H,24,25)/t19-/m1/s1. The first-order valence-corrected chi connectivity index (χ1v) is 10.6. The molecule has 2 saturated heterocycles. The van der Waals surface area contributed by atoms with E-state index in [1.54, 1.807) is 32.0 Å². The number of likely N-dealkylation sites (tertiary alicyclic amines) is 1. The first-order valence-electron chi connectivity index (χ1n) is 10.2. The number of ketones is 1. The van der Waals surface area contributed by atoms with Gasteiger partial charge >= 0.3 is 0 Å². The van der Waals surface area contributed by atoms with Crippen LogP contribution in [0.2, 0.25) is 5.02 Å².